The molecule has 1 saturated heterocycles. The molecular weight excluding hydrogens is 498 g/mol. The number of rotatable bonds is 8. The summed E-state index contributed by atoms with van der Waals surface area (Å²) in [7, 11) is 0. The van der Waals surface area contributed by atoms with Crippen molar-refractivity contribution in [2.45, 2.75) is 20.0 Å². The van der Waals surface area contributed by atoms with E-state index in [4.69, 9.17) is 4.98 Å². The van der Waals surface area contributed by atoms with Gasteiger partial charge in [-0.3, -0.25) is 9.47 Å². The monoisotopic (exact) mass is 533 g/mol. The summed E-state index contributed by atoms with van der Waals surface area (Å²) in [5, 5.41) is 14.3. The Bertz CT molecular complexity index is 1580. The molecule has 3 heterocycles. The number of anilines is 2. The Morgan fingerprint density at radius 1 is 0.850 bits per heavy atom. The highest BCUT2D eigenvalue weighted by molar-refractivity contribution is 5.88. The summed E-state index contributed by atoms with van der Waals surface area (Å²) in [6.07, 6.45) is 1.02. The predicted molar refractivity (Wildman–Crippen MR) is 161 cm³/mol. The lowest BCUT2D eigenvalue weighted by atomic mass is 10.1. The van der Waals surface area contributed by atoms with E-state index in [1.54, 1.807) is 6.33 Å². The topological polar surface area (TPSA) is 82.3 Å². The van der Waals surface area contributed by atoms with Crippen molar-refractivity contribution in [2.75, 3.05) is 49.5 Å². The van der Waals surface area contributed by atoms with Crippen molar-refractivity contribution in [3.63, 3.8) is 0 Å². The number of aliphatic hydroxyl groups excluding tert-OH is 1. The van der Waals surface area contributed by atoms with Crippen molar-refractivity contribution in [1.82, 2.24) is 24.4 Å². The molecular formula is C32H35N7O. The number of hydrogen-bond donors (Lipinski definition) is 2. The largest absolute Gasteiger partial charge is 0.390 e. The van der Waals surface area contributed by atoms with Gasteiger partial charge in [0.05, 0.1) is 6.10 Å². The Morgan fingerprint density at radius 3 is 2.33 bits per heavy atom. The van der Waals surface area contributed by atoms with Gasteiger partial charge in [-0.2, -0.15) is 0 Å². The molecule has 0 aliphatic carbocycles. The van der Waals surface area contributed by atoms with E-state index in [0.29, 0.717) is 24.4 Å². The average molecular weight is 534 g/mol. The predicted octanol–water partition coefficient (Wildman–Crippen LogP) is 4.69. The Hall–Kier alpha value is -4.27. The van der Waals surface area contributed by atoms with Gasteiger partial charge in [0, 0.05) is 56.2 Å². The third kappa shape index (κ3) is 5.28. The van der Waals surface area contributed by atoms with Crippen molar-refractivity contribution in [2.24, 2.45) is 0 Å². The van der Waals surface area contributed by atoms with Crippen LogP contribution in [0.1, 0.15) is 11.1 Å². The van der Waals surface area contributed by atoms with Crippen LogP contribution >= 0.6 is 0 Å². The van der Waals surface area contributed by atoms with Gasteiger partial charge in [-0.1, -0.05) is 60.7 Å². The molecule has 1 fully saturated rings. The molecule has 0 radical (unpaired) electrons. The summed E-state index contributed by atoms with van der Waals surface area (Å²) < 4.78 is 2.06. The van der Waals surface area contributed by atoms with Crippen LogP contribution in [-0.2, 0) is 0 Å². The summed E-state index contributed by atoms with van der Waals surface area (Å²) in [6, 6.07) is 26.7. The molecule has 2 aromatic heterocycles. The molecule has 40 heavy (non-hydrogen) atoms. The van der Waals surface area contributed by atoms with Crippen molar-refractivity contribution >= 4 is 22.7 Å². The molecule has 204 valence electrons. The lowest BCUT2D eigenvalue weighted by molar-refractivity contribution is 0.118. The lowest BCUT2D eigenvalue weighted by Crippen LogP contribution is -2.49. The fourth-order valence-electron chi connectivity index (χ4n) is 5.45. The molecule has 1 atom stereocenters. The van der Waals surface area contributed by atoms with E-state index < -0.39 is 6.10 Å². The van der Waals surface area contributed by atoms with Crippen LogP contribution in [0.2, 0.25) is 0 Å². The summed E-state index contributed by atoms with van der Waals surface area (Å²) in [6.45, 7) is 9.10. The first-order chi connectivity index (χ1) is 19.6. The van der Waals surface area contributed by atoms with Gasteiger partial charge in [0.15, 0.2) is 17.0 Å². The number of benzene rings is 3. The van der Waals surface area contributed by atoms with Gasteiger partial charge >= 0.3 is 0 Å². The van der Waals surface area contributed by atoms with E-state index in [0.717, 1.165) is 48.9 Å². The number of β-amino-alcohol motifs (C(OH)–C–C–N with tert-alkyl or cyclic N) is 1. The van der Waals surface area contributed by atoms with Crippen molar-refractivity contribution in [3.05, 3.63) is 96.3 Å². The minimum Gasteiger partial charge on any atom is -0.390 e. The molecule has 3 aromatic carbocycles. The van der Waals surface area contributed by atoms with Crippen LogP contribution in [0.15, 0.2) is 85.2 Å². The minimum absolute atomic E-state index is 0.377. The second-order valence-electron chi connectivity index (χ2n) is 10.4. The maximum absolute atomic E-state index is 10.9. The number of hydrogen-bond acceptors (Lipinski definition) is 7. The summed E-state index contributed by atoms with van der Waals surface area (Å²) >= 11 is 0. The van der Waals surface area contributed by atoms with E-state index >= 15 is 0 Å². The molecule has 0 amide bonds. The fraction of sp³-hybridized carbons (Fsp3) is 0.281. The lowest BCUT2D eigenvalue weighted by Gasteiger charge is -2.37. The van der Waals surface area contributed by atoms with Gasteiger partial charge in [-0.05, 0) is 43.2 Å². The van der Waals surface area contributed by atoms with Crippen LogP contribution in [0.4, 0.5) is 11.5 Å². The number of piperazine rings is 1. The molecule has 1 aliphatic rings. The quantitative estimate of drug-likeness (QED) is 0.299. The summed E-state index contributed by atoms with van der Waals surface area (Å²) in [5.41, 5.74) is 7.37. The number of aromatic nitrogens is 4. The maximum Gasteiger partial charge on any atom is 0.170 e. The molecule has 0 saturated carbocycles. The highest BCUT2D eigenvalue weighted by Gasteiger charge is 2.22. The highest BCUT2D eigenvalue weighted by Crippen LogP contribution is 2.30. The van der Waals surface area contributed by atoms with Crippen LogP contribution in [0.25, 0.3) is 28.2 Å². The Labute approximate surface area is 235 Å². The summed E-state index contributed by atoms with van der Waals surface area (Å²) in [5.74, 6) is 1.42. The van der Waals surface area contributed by atoms with Crippen LogP contribution in [0.3, 0.4) is 0 Å². The minimum atomic E-state index is -0.540. The SMILES string of the molecule is Cc1cccc(N2CCN(C[C@H](O)CNc3ncnc4c3nc(-c3ccccc3)n4-c3ccccc3)CC2)c1C. The second-order valence-corrected chi connectivity index (χ2v) is 10.4. The third-order valence-corrected chi connectivity index (χ3v) is 7.75. The van der Waals surface area contributed by atoms with Gasteiger partial charge in [-0.15, -0.1) is 0 Å². The zero-order valence-corrected chi connectivity index (χ0v) is 23.0. The van der Waals surface area contributed by atoms with Crippen molar-refractivity contribution in [3.8, 4) is 17.1 Å². The smallest absolute Gasteiger partial charge is 0.170 e. The molecule has 0 bridgehead atoms. The molecule has 8 nitrogen and oxygen atoms in total. The molecule has 5 aromatic rings. The Morgan fingerprint density at radius 2 is 1.57 bits per heavy atom. The highest BCUT2D eigenvalue weighted by atomic mass is 16.3. The Kier molecular flexibility index (Phi) is 7.44. The van der Waals surface area contributed by atoms with E-state index in [-0.39, 0.29) is 0 Å². The van der Waals surface area contributed by atoms with Crippen LogP contribution in [0.5, 0.6) is 0 Å². The van der Waals surface area contributed by atoms with Gasteiger partial charge in [0.25, 0.3) is 0 Å². The maximum atomic E-state index is 10.9. The normalized spacial score (nSPS) is 14.9. The number of nitrogens with zero attached hydrogens (tertiary/aromatic N) is 6. The zero-order chi connectivity index (χ0) is 27.5. The van der Waals surface area contributed by atoms with Gasteiger partial charge in [0.2, 0.25) is 0 Å². The molecule has 1 aliphatic heterocycles. The molecule has 0 spiro atoms. The first kappa shape index (κ1) is 26.0. The van der Waals surface area contributed by atoms with Crippen molar-refractivity contribution in [1.29, 1.82) is 0 Å². The number of aryl methyl sites for hydroxylation is 1. The van der Waals surface area contributed by atoms with E-state index in [9.17, 15) is 5.11 Å². The standard InChI is InChI=1S/C32H35N7O/c1-23-10-9-15-28(24(23)2)38-18-16-37(17-19-38)21-27(40)20-33-30-29-32(35-22-34-30)39(26-13-7-4-8-14-26)31(36-29)25-11-5-3-6-12-25/h3-15,22,27,40H,16-21H2,1-2H3,(H,33,34,35)/t27-/m1/s1. The Balaban J connectivity index is 1.15. The first-order valence-corrected chi connectivity index (χ1v) is 13.9. The van der Waals surface area contributed by atoms with Crippen LogP contribution in [0, 0.1) is 13.8 Å². The summed E-state index contributed by atoms with van der Waals surface area (Å²) in [4.78, 5) is 18.9. The number of para-hydroxylation sites is 1. The van der Waals surface area contributed by atoms with Gasteiger partial charge < -0.3 is 15.3 Å². The number of imidazole rings is 1. The van der Waals surface area contributed by atoms with Crippen LogP contribution < -0.4 is 10.2 Å². The fourth-order valence-corrected chi connectivity index (χ4v) is 5.45. The van der Waals surface area contributed by atoms with E-state index in [2.05, 4.69) is 61.7 Å². The molecule has 8 heteroatoms. The number of aliphatic hydroxyl groups is 1. The third-order valence-electron chi connectivity index (χ3n) is 7.75. The van der Waals surface area contributed by atoms with Crippen molar-refractivity contribution < 1.29 is 5.11 Å². The van der Waals surface area contributed by atoms with E-state index in [1.165, 1.54) is 16.8 Å². The molecule has 2 N–H and O–H groups in total. The molecule has 6 rings (SSSR count). The van der Waals surface area contributed by atoms with Gasteiger partial charge in [-0.25, -0.2) is 15.0 Å². The second kappa shape index (κ2) is 11.5. The zero-order valence-electron chi connectivity index (χ0n) is 23.0. The van der Waals surface area contributed by atoms with Crippen LogP contribution in [-0.4, -0.2) is 74.9 Å². The van der Waals surface area contributed by atoms with Gasteiger partial charge in [0.1, 0.15) is 12.2 Å². The average Bonchev–Trinajstić information content (AvgIpc) is 3.39. The first-order valence-electron chi connectivity index (χ1n) is 13.9. The number of fused-ring (bicyclic) bond motifs is 1. The number of nitrogens with one attached hydrogen (secondary N) is 1. The van der Waals surface area contributed by atoms with E-state index in [1.807, 2.05) is 60.7 Å². The molecule has 0 unspecified atom stereocenters.